The molecule has 3 heteroatoms. The van der Waals surface area contributed by atoms with Crippen LogP contribution >= 0.6 is 11.6 Å². The van der Waals surface area contributed by atoms with Gasteiger partial charge in [-0.2, -0.15) is 0 Å². The van der Waals surface area contributed by atoms with E-state index in [1.165, 1.54) is 12.0 Å². The highest BCUT2D eigenvalue weighted by atomic mass is 35.5. The molecule has 1 aliphatic rings. The maximum absolute atomic E-state index is 6.06. The number of nitrogens with zero attached hydrogens (tertiary/aromatic N) is 2. The van der Waals surface area contributed by atoms with Gasteiger partial charge in [0.15, 0.2) is 0 Å². The van der Waals surface area contributed by atoms with Crippen molar-refractivity contribution in [3.05, 3.63) is 22.7 Å². The Bertz CT molecular complexity index is 323. The van der Waals surface area contributed by atoms with Gasteiger partial charge in [0.05, 0.1) is 0 Å². The molecular weight excluding hydrogens is 184 g/mol. The van der Waals surface area contributed by atoms with Gasteiger partial charge in [-0.1, -0.05) is 25.4 Å². The highest BCUT2D eigenvalue weighted by Crippen LogP contribution is 2.39. The fourth-order valence-corrected chi connectivity index (χ4v) is 2.37. The fourth-order valence-electron chi connectivity index (χ4n) is 2.08. The quantitative estimate of drug-likeness (QED) is 0.646. The monoisotopic (exact) mass is 196 g/mol. The summed E-state index contributed by atoms with van der Waals surface area (Å²) in [5.74, 6) is 1.19. The average molecular weight is 197 g/mol. The van der Waals surface area contributed by atoms with E-state index in [2.05, 4.69) is 23.8 Å². The largest absolute Gasteiger partial charge is 0.241 e. The van der Waals surface area contributed by atoms with Crippen molar-refractivity contribution in [3.63, 3.8) is 0 Å². The van der Waals surface area contributed by atoms with Crippen LogP contribution in [-0.2, 0) is 6.42 Å². The Balaban J connectivity index is 2.46. The standard InChI is InChI=1S/C10H13ClN2/c1-6(2)7-3-4-8-9(7)10(11)13-5-12-8/h5-7H,3-4H2,1-2H3. The summed E-state index contributed by atoms with van der Waals surface area (Å²) in [4.78, 5) is 8.29. The molecule has 0 N–H and O–H groups in total. The first-order valence-electron chi connectivity index (χ1n) is 4.69. The molecule has 1 unspecified atom stereocenters. The molecule has 70 valence electrons. The molecule has 1 aromatic heterocycles. The maximum atomic E-state index is 6.06. The van der Waals surface area contributed by atoms with Crippen LogP contribution in [0.15, 0.2) is 6.33 Å². The van der Waals surface area contributed by atoms with Crippen molar-refractivity contribution >= 4 is 11.6 Å². The summed E-state index contributed by atoms with van der Waals surface area (Å²) >= 11 is 6.06. The van der Waals surface area contributed by atoms with Gasteiger partial charge in [0.25, 0.3) is 0 Å². The topological polar surface area (TPSA) is 25.8 Å². The third-order valence-corrected chi connectivity index (χ3v) is 3.09. The highest BCUT2D eigenvalue weighted by molar-refractivity contribution is 6.30. The lowest BCUT2D eigenvalue weighted by Gasteiger charge is -2.15. The van der Waals surface area contributed by atoms with E-state index in [1.807, 2.05) is 0 Å². The normalized spacial score (nSPS) is 20.8. The van der Waals surface area contributed by atoms with E-state index in [-0.39, 0.29) is 0 Å². The van der Waals surface area contributed by atoms with Gasteiger partial charge in [-0.15, -0.1) is 0 Å². The Hall–Kier alpha value is -0.630. The van der Waals surface area contributed by atoms with Gasteiger partial charge >= 0.3 is 0 Å². The molecule has 0 radical (unpaired) electrons. The number of hydrogen-bond donors (Lipinski definition) is 0. The number of fused-ring (bicyclic) bond motifs is 1. The summed E-state index contributed by atoms with van der Waals surface area (Å²) in [6, 6.07) is 0. The van der Waals surface area contributed by atoms with Crippen LogP contribution in [0.5, 0.6) is 0 Å². The SMILES string of the molecule is CC(C)C1CCc2ncnc(Cl)c21. The van der Waals surface area contributed by atoms with Crippen LogP contribution in [-0.4, -0.2) is 9.97 Å². The van der Waals surface area contributed by atoms with Crippen LogP contribution in [0.4, 0.5) is 0 Å². The van der Waals surface area contributed by atoms with Crippen LogP contribution < -0.4 is 0 Å². The van der Waals surface area contributed by atoms with Gasteiger partial charge in [-0.25, -0.2) is 9.97 Å². The minimum atomic E-state index is 0.559. The van der Waals surface area contributed by atoms with Gasteiger partial charge in [-0.3, -0.25) is 0 Å². The van der Waals surface area contributed by atoms with Crippen LogP contribution in [0.3, 0.4) is 0 Å². The van der Waals surface area contributed by atoms with E-state index in [0.29, 0.717) is 17.0 Å². The van der Waals surface area contributed by atoms with Crippen molar-refractivity contribution in [2.75, 3.05) is 0 Å². The van der Waals surface area contributed by atoms with Gasteiger partial charge in [0.2, 0.25) is 0 Å². The molecule has 1 atom stereocenters. The van der Waals surface area contributed by atoms with Crippen LogP contribution in [0.1, 0.15) is 37.4 Å². The fraction of sp³-hybridized carbons (Fsp3) is 0.600. The summed E-state index contributed by atoms with van der Waals surface area (Å²) < 4.78 is 0. The molecule has 0 saturated carbocycles. The number of aromatic nitrogens is 2. The average Bonchev–Trinajstić information content (AvgIpc) is 2.49. The van der Waals surface area contributed by atoms with Gasteiger partial charge in [-0.05, 0) is 24.7 Å². The summed E-state index contributed by atoms with van der Waals surface area (Å²) in [6.07, 6.45) is 3.79. The zero-order chi connectivity index (χ0) is 9.42. The van der Waals surface area contributed by atoms with E-state index in [4.69, 9.17) is 11.6 Å². The van der Waals surface area contributed by atoms with Crippen LogP contribution in [0.25, 0.3) is 0 Å². The smallest absolute Gasteiger partial charge is 0.136 e. The van der Waals surface area contributed by atoms with E-state index >= 15 is 0 Å². The van der Waals surface area contributed by atoms with E-state index in [0.717, 1.165) is 12.1 Å². The molecule has 0 aliphatic heterocycles. The summed E-state index contributed by atoms with van der Waals surface area (Å²) in [5.41, 5.74) is 2.35. The molecular formula is C10H13ClN2. The molecule has 2 rings (SSSR count). The number of halogens is 1. The predicted octanol–water partition coefficient (Wildman–Crippen LogP) is 2.82. The lowest BCUT2D eigenvalue weighted by Crippen LogP contribution is -2.04. The van der Waals surface area contributed by atoms with Crippen LogP contribution in [0.2, 0.25) is 5.15 Å². The number of aryl methyl sites for hydroxylation is 1. The van der Waals surface area contributed by atoms with E-state index in [1.54, 1.807) is 6.33 Å². The number of rotatable bonds is 1. The minimum absolute atomic E-state index is 0.559. The van der Waals surface area contributed by atoms with Gasteiger partial charge in [0, 0.05) is 11.3 Å². The lowest BCUT2D eigenvalue weighted by atomic mass is 9.91. The Morgan fingerprint density at radius 3 is 2.92 bits per heavy atom. The number of hydrogen-bond acceptors (Lipinski definition) is 2. The first-order valence-corrected chi connectivity index (χ1v) is 5.07. The second kappa shape index (κ2) is 3.26. The Morgan fingerprint density at radius 1 is 1.46 bits per heavy atom. The second-order valence-corrected chi connectivity index (χ2v) is 4.27. The Kier molecular flexibility index (Phi) is 2.24. The first-order chi connectivity index (χ1) is 6.20. The summed E-state index contributed by atoms with van der Waals surface area (Å²) in [6.45, 7) is 4.45. The van der Waals surface area contributed by atoms with Crippen molar-refractivity contribution in [2.45, 2.75) is 32.6 Å². The molecule has 2 nitrogen and oxygen atoms in total. The first kappa shape index (κ1) is 8.95. The van der Waals surface area contributed by atoms with E-state index in [9.17, 15) is 0 Å². The zero-order valence-corrected chi connectivity index (χ0v) is 8.67. The van der Waals surface area contributed by atoms with Crippen molar-refractivity contribution in [2.24, 2.45) is 5.92 Å². The van der Waals surface area contributed by atoms with Crippen molar-refractivity contribution in [3.8, 4) is 0 Å². The highest BCUT2D eigenvalue weighted by Gasteiger charge is 2.28. The van der Waals surface area contributed by atoms with Crippen LogP contribution in [0, 0.1) is 5.92 Å². The lowest BCUT2D eigenvalue weighted by molar-refractivity contribution is 0.495. The zero-order valence-electron chi connectivity index (χ0n) is 7.92. The molecule has 1 aromatic rings. The molecule has 0 amide bonds. The van der Waals surface area contributed by atoms with Crippen molar-refractivity contribution in [1.82, 2.24) is 9.97 Å². The third-order valence-electron chi connectivity index (χ3n) is 2.79. The maximum Gasteiger partial charge on any atom is 0.136 e. The summed E-state index contributed by atoms with van der Waals surface area (Å²) in [7, 11) is 0. The minimum Gasteiger partial charge on any atom is -0.241 e. The van der Waals surface area contributed by atoms with Crippen molar-refractivity contribution < 1.29 is 0 Å². The van der Waals surface area contributed by atoms with E-state index < -0.39 is 0 Å². The second-order valence-electron chi connectivity index (χ2n) is 3.91. The molecule has 0 aromatic carbocycles. The predicted molar refractivity (Wildman–Crippen MR) is 52.9 cm³/mol. The molecule has 0 bridgehead atoms. The molecule has 1 heterocycles. The Labute approximate surface area is 83.4 Å². The van der Waals surface area contributed by atoms with Crippen molar-refractivity contribution in [1.29, 1.82) is 0 Å². The third kappa shape index (κ3) is 1.44. The Morgan fingerprint density at radius 2 is 2.23 bits per heavy atom. The summed E-state index contributed by atoms with van der Waals surface area (Å²) in [5, 5.41) is 0.654. The molecule has 0 fully saturated rings. The van der Waals surface area contributed by atoms with Gasteiger partial charge < -0.3 is 0 Å². The molecule has 0 saturated heterocycles. The van der Waals surface area contributed by atoms with Gasteiger partial charge in [0.1, 0.15) is 11.5 Å². The molecule has 0 spiro atoms. The molecule has 13 heavy (non-hydrogen) atoms. The molecule has 1 aliphatic carbocycles.